The molecule has 1 unspecified atom stereocenters. The van der Waals surface area contributed by atoms with Gasteiger partial charge in [-0.2, -0.15) is 0 Å². The van der Waals surface area contributed by atoms with Crippen molar-refractivity contribution in [3.8, 4) is 0 Å². The number of carbonyl (C=O) groups excluding carboxylic acids is 1. The van der Waals surface area contributed by atoms with Gasteiger partial charge in [-0.05, 0) is 44.7 Å². The number of para-hydroxylation sites is 2. The number of imidazole rings is 1. The van der Waals surface area contributed by atoms with Crippen LogP contribution in [0.15, 0.2) is 30.6 Å². The number of aryl methyl sites for hydroxylation is 2. The van der Waals surface area contributed by atoms with E-state index in [1.165, 1.54) is 23.4 Å². The van der Waals surface area contributed by atoms with E-state index in [-0.39, 0.29) is 11.9 Å². The molecule has 0 spiro atoms. The van der Waals surface area contributed by atoms with Crippen molar-refractivity contribution in [1.82, 2.24) is 19.4 Å². The average Bonchev–Trinajstić information content (AvgIpc) is 3.23. The van der Waals surface area contributed by atoms with Gasteiger partial charge in [0.05, 0.1) is 29.6 Å². The molecule has 4 rings (SSSR count). The van der Waals surface area contributed by atoms with E-state index in [1.807, 2.05) is 42.8 Å². The summed E-state index contributed by atoms with van der Waals surface area (Å²) in [6.45, 7) is 2.51. The predicted molar refractivity (Wildman–Crippen MR) is 99.7 cm³/mol. The van der Waals surface area contributed by atoms with E-state index < -0.39 is 0 Å². The number of fused-ring (bicyclic) bond motifs is 2. The van der Waals surface area contributed by atoms with Crippen molar-refractivity contribution in [2.45, 2.75) is 45.2 Å². The number of hydrogen-bond acceptors (Lipinski definition) is 4. The van der Waals surface area contributed by atoms with Gasteiger partial charge in [0.1, 0.15) is 11.0 Å². The Balaban J connectivity index is 1.50. The van der Waals surface area contributed by atoms with Crippen LogP contribution >= 0.6 is 11.3 Å². The van der Waals surface area contributed by atoms with Gasteiger partial charge >= 0.3 is 0 Å². The highest BCUT2D eigenvalue weighted by Gasteiger charge is 2.23. The zero-order valence-corrected chi connectivity index (χ0v) is 15.4. The lowest BCUT2D eigenvalue weighted by molar-refractivity contribution is -0.133. The Bertz CT molecular complexity index is 890. The van der Waals surface area contributed by atoms with Gasteiger partial charge in [-0.25, -0.2) is 9.97 Å². The van der Waals surface area contributed by atoms with Crippen molar-refractivity contribution in [1.29, 1.82) is 0 Å². The number of benzene rings is 1. The molecule has 0 fully saturated rings. The van der Waals surface area contributed by atoms with E-state index in [2.05, 4.69) is 4.98 Å². The second-order valence-corrected chi connectivity index (χ2v) is 7.86. The van der Waals surface area contributed by atoms with Crippen molar-refractivity contribution in [3.63, 3.8) is 0 Å². The lowest BCUT2D eigenvalue weighted by atomic mass is 10.0. The number of rotatable bonds is 4. The maximum Gasteiger partial charge on any atom is 0.245 e. The quantitative estimate of drug-likeness (QED) is 0.719. The van der Waals surface area contributed by atoms with Crippen LogP contribution in [0.5, 0.6) is 0 Å². The molecule has 25 heavy (non-hydrogen) atoms. The van der Waals surface area contributed by atoms with E-state index >= 15 is 0 Å². The highest BCUT2D eigenvalue weighted by molar-refractivity contribution is 7.11. The first kappa shape index (κ1) is 16.3. The third-order valence-electron chi connectivity index (χ3n) is 4.89. The topological polar surface area (TPSA) is 51.0 Å². The first-order valence-electron chi connectivity index (χ1n) is 8.77. The Kier molecular flexibility index (Phi) is 4.29. The second-order valence-electron chi connectivity index (χ2n) is 6.70. The first-order valence-corrected chi connectivity index (χ1v) is 9.59. The molecule has 0 radical (unpaired) electrons. The SMILES string of the molecule is CC(C(=O)N(C)Cc1nc2c(s1)CCCC2)n1cnc2ccccc21. The fraction of sp³-hybridized carbons (Fsp3) is 0.421. The van der Waals surface area contributed by atoms with Crippen molar-refractivity contribution >= 4 is 28.3 Å². The number of thiazole rings is 1. The fourth-order valence-electron chi connectivity index (χ4n) is 3.48. The van der Waals surface area contributed by atoms with Crippen molar-refractivity contribution in [3.05, 3.63) is 46.2 Å². The van der Waals surface area contributed by atoms with Gasteiger partial charge in [-0.15, -0.1) is 11.3 Å². The van der Waals surface area contributed by atoms with Crippen LogP contribution in [0.2, 0.25) is 0 Å². The Morgan fingerprint density at radius 3 is 2.96 bits per heavy atom. The summed E-state index contributed by atoms with van der Waals surface area (Å²) in [4.78, 5) is 25.2. The van der Waals surface area contributed by atoms with Gasteiger partial charge in [0.25, 0.3) is 0 Å². The zero-order valence-electron chi connectivity index (χ0n) is 14.6. The molecule has 3 aromatic rings. The summed E-state index contributed by atoms with van der Waals surface area (Å²) in [5.74, 6) is 0.0799. The molecule has 2 aromatic heterocycles. The fourth-order valence-corrected chi connectivity index (χ4v) is 4.69. The van der Waals surface area contributed by atoms with Gasteiger partial charge in [-0.3, -0.25) is 4.79 Å². The van der Waals surface area contributed by atoms with Crippen LogP contribution in [-0.2, 0) is 24.2 Å². The summed E-state index contributed by atoms with van der Waals surface area (Å²) < 4.78 is 1.95. The molecule has 1 aliphatic rings. The van der Waals surface area contributed by atoms with E-state index in [0.29, 0.717) is 6.54 Å². The molecule has 0 saturated carbocycles. The molecule has 1 atom stereocenters. The predicted octanol–water partition coefficient (Wildman–Crippen LogP) is 3.59. The maximum atomic E-state index is 12.9. The van der Waals surface area contributed by atoms with Gasteiger partial charge in [0, 0.05) is 11.9 Å². The lowest BCUT2D eigenvalue weighted by Gasteiger charge is -2.21. The monoisotopic (exact) mass is 354 g/mol. The summed E-state index contributed by atoms with van der Waals surface area (Å²) in [7, 11) is 1.86. The highest BCUT2D eigenvalue weighted by Crippen LogP contribution is 2.27. The third-order valence-corrected chi connectivity index (χ3v) is 6.04. The number of hydrogen-bond donors (Lipinski definition) is 0. The lowest BCUT2D eigenvalue weighted by Crippen LogP contribution is -2.32. The molecular formula is C19H22N4OS. The van der Waals surface area contributed by atoms with E-state index in [0.717, 1.165) is 28.9 Å². The Hall–Kier alpha value is -2.21. The Morgan fingerprint density at radius 1 is 1.32 bits per heavy atom. The molecular weight excluding hydrogens is 332 g/mol. The number of amides is 1. The number of carbonyl (C=O) groups is 1. The minimum absolute atomic E-state index is 0.0799. The number of aromatic nitrogens is 3. The van der Waals surface area contributed by atoms with Gasteiger partial charge in [0.15, 0.2) is 0 Å². The molecule has 0 N–H and O–H groups in total. The largest absolute Gasteiger partial charge is 0.337 e. The maximum absolute atomic E-state index is 12.9. The van der Waals surface area contributed by atoms with Crippen LogP contribution in [0.3, 0.4) is 0 Å². The van der Waals surface area contributed by atoms with Crippen LogP contribution in [-0.4, -0.2) is 32.4 Å². The summed E-state index contributed by atoms with van der Waals surface area (Å²) in [6.07, 6.45) is 6.47. The molecule has 1 aliphatic carbocycles. The summed E-state index contributed by atoms with van der Waals surface area (Å²) in [5.41, 5.74) is 3.15. The van der Waals surface area contributed by atoms with E-state index in [1.54, 1.807) is 22.6 Å². The van der Waals surface area contributed by atoms with Crippen LogP contribution in [0, 0.1) is 0 Å². The average molecular weight is 354 g/mol. The standard InChI is InChI=1S/C19H22N4OS/c1-13(23-12-20-14-7-3-5-9-16(14)23)19(24)22(2)11-18-21-15-8-4-6-10-17(15)25-18/h3,5,7,9,12-13H,4,6,8,10-11H2,1-2H3. The minimum atomic E-state index is -0.285. The highest BCUT2D eigenvalue weighted by atomic mass is 32.1. The van der Waals surface area contributed by atoms with Crippen LogP contribution in [0.4, 0.5) is 0 Å². The van der Waals surface area contributed by atoms with Crippen molar-refractivity contribution < 1.29 is 4.79 Å². The molecule has 0 aliphatic heterocycles. The molecule has 0 saturated heterocycles. The van der Waals surface area contributed by atoms with Gasteiger partial charge < -0.3 is 9.47 Å². The van der Waals surface area contributed by atoms with Crippen molar-refractivity contribution in [2.75, 3.05) is 7.05 Å². The van der Waals surface area contributed by atoms with Crippen molar-refractivity contribution in [2.24, 2.45) is 0 Å². The molecule has 0 bridgehead atoms. The Morgan fingerprint density at radius 2 is 2.12 bits per heavy atom. The van der Waals surface area contributed by atoms with Gasteiger partial charge in [0.2, 0.25) is 5.91 Å². The Labute approximate surface area is 151 Å². The second kappa shape index (κ2) is 6.59. The normalized spacial score (nSPS) is 15.1. The summed E-state index contributed by atoms with van der Waals surface area (Å²) in [6, 6.07) is 7.62. The van der Waals surface area contributed by atoms with E-state index in [9.17, 15) is 4.79 Å². The summed E-state index contributed by atoms with van der Waals surface area (Å²) in [5, 5.41) is 1.05. The number of nitrogens with zero attached hydrogens (tertiary/aromatic N) is 4. The van der Waals surface area contributed by atoms with Crippen LogP contribution in [0.1, 0.15) is 41.4 Å². The van der Waals surface area contributed by atoms with Crippen LogP contribution < -0.4 is 0 Å². The first-order chi connectivity index (χ1) is 12.1. The molecule has 130 valence electrons. The zero-order chi connectivity index (χ0) is 17.4. The molecule has 6 heteroatoms. The molecule has 5 nitrogen and oxygen atoms in total. The van der Waals surface area contributed by atoms with E-state index in [4.69, 9.17) is 4.98 Å². The third kappa shape index (κ3) is 3.06. The minimum Gasteiger partial charge on any atom is -0.337 e. The summed E-state index contributed by atoms with van der Waals surface area (Å²) >= 11 is 1.77. The molecule has 1 aromatic carbocycles. The van der Waals surface area contributed by atoms with Crippen LogP contribution in [0.25, 0.3) is 11.0 Å². The number of likely N-dealkylation sites (N-methyl/N-ethyl adjacent to an activating group) is 1. The molecule has 2 heterocycles. The van der Waals surface area contributed by atoms with Gasteiger partial charge in [-0.1, -0.05) is 12.1 Å². The smallest absolute Gasteiger partial charge is 0.245 e. The molecule has 1 amide bonds.